The monoisotopic (exact) mass is 336 g/mol. The van der Waals surface area contributed by atoms with Crippen molar-refractivity contribution in [2.75, 3.05) is 6.61 Å². The molecule has 0 amide bonds. The normalized spacial score (nSPS) is 33.6. The lowest BCUT2D eigenvalue weighted by atomic mass is 9.99. The Balaban J connectivity index is 2.70. The number of aliphatic hydroxyl groups excluding tert-OH is 3. The highest BCUT2D eigenvalue weighted by Gasteiger charge is 2.47. The van der Waals surface area contributed by atoms with Crippen LogP contribution in [0.5, 0.6) is 0 Å². The van der Waals surface area contributed by atoms with Crippen molar-refractivity contribution >= 4 is 14.3 Å². The molecule has 1 rings (SSSR count). The van der Waals surface area contributed by atoms with Crippen LogP contribution in [-0.4, -0.2) is 66.9 Å². The molecule has 130 valence electrons. The van der Waals surface area contributed by atoms with Gasteiger partial charge in [0.25, 0.3) is 0 Å². The minimum absolute atomic E-state index is 0.00979. The molecule has 5 atom stereocenters. The molecular formula is C14H28O7Si. The van der Waals surface area contributed by atoms with E-state index in [4.69, 9.17) is 13.9 Å². The Morgan fingerprint density at radius 1 is 1.18 bits per heavy atom. The first-order valence-electron chi connectivity index (χ1n) is 7.37. The maximum atomic E-state index is 11.0. The van der Waals surface area contributed by atoms with Gasteiger partial charge in [-0.25, -0.2) is 0 Å². The van der Waals surface area contributed by atoms with E-state index in [1.807, 2.05) is 0 Å². The van der Waals surface area contributed by atoms with Gasteiger partial charge in [-0.15, -0.1) is 0 Å². The molecular weight excluding hydrogens is 308 g/mol. The molecule has 22 heavy (non-hydrogen) atoms. The highest BCUT2D eigenvalue weighted by Crippen LogP contribution is 2.37. The fraction of sp³-hybridized carbons (Fsp3) is 0.929. The van der Waals surface area contributed by atoms with Gasteiger partial charge in [0.05, 0.1) is 6.61 Å². The molecule has 1 aliphatic heterocycles. The number of rotatable bonds is 4. The van der Waals surface area contributed by atoms with E-state index in [9.17, 15) is 20.1 Å². The van der Waals surface area contributed by atoms with Gasteiger partial charge < -0.3 is 29.2 Å². The number of hydrogen-bond donors (Lipinski definition) is 3. The van der Waals surface area contributed by atoms with Crippen LogP contribution in [0, 0.1) is 0 Å². The lowest BCUT2D eigenvalue weighted by Crippen LogP contribution is -2.60. The molecule has 0 radical (unpaired) electrons. The SMILES string of the molecule is CC(=O)O[C@@H]1[C@@H](O)[C@@H](O)[C@@H](CO[Si](C)(C)C(C)(C)C)O[C@@H]1O. The second-order valence-corrected chi connectivity index (χ2v) is 12.0. The summed E-state index contributed by atoms with van der Waals surface area (Å²) in [6.45, 7) is 11.6. The average molecular weight is 336 g/mol. The second kappa shape index (κ2) is 6.94. The third-order valence-corrected chi connectivity index (χ3v) is 8.88. The number of carbonyl (C=O) groups is 1. The summed E-state index contributed by atoms with van der Waals surface area (Å²) in [5.41, 5.74) is 0. The lowest BCUT2D eigenvalue weighted by Gasteiger charge is -2.42. The van der Waals surface area contributed by atoms with Crippen LogP contribution in [0.4, 0.5) is 0 Å². The van der Waals surface area contributed by atoms with Crippen molar-refractivity contribution in [2.45, 2.75) is 76.5 Å². The first-order valence-corrected chi connectivity index (χ1v) is 10.3. The number of ether oxygens (including phenoxy) is 2. The molecule has 0 spiro atoms. The fourth-order valence-electron chi connectivity index (χ4n) is 1.88. The Hall–Kier alpha value is -0.513. The number of carbonyl (C=O) groups excluding carboxylic acids is 1. The molecule has 0 unspecified atom stereocenters. The lowest BCUT2D eigenvalue weighted by molar-refractivity contribution is -0.289. The zero-order valence-corrected chi connectivity index (χ0v) is 15.1. The predicted molar refractivity (Wildman–Crippen MR) is 81.6 cm³/mol. The summed E-state index contributed by atoms with van der Waals surface area (Å²) < 4.78 is 16.0. The fourth-order valence-corrected chi connectivity index (χ4v) is 2.90. The van der Waals surface area contributed by atoms with Crippen molar-refractivity contribution in [3.63, 3.8) is 0 Å². The van der Waals surface area contributed by atoms with Crippen LogP contribution < -0.4 is 0 Å². The number of hydrogen-bond acceptors (Lipinski definition) is 7. The zero-order chi connectivity index (χ0) is 17.3. The largest absolute Gasteiger partial charge is 0.454 e. The molecule has 0 aromatic carbocycles. The molecule has 1 fully saturated rings. The second-order valence-electron chi connectivity index (χ2n) is 7.19. The van der Waals surface area contributed by atoms with Crippen LogP contribution in [0.1, 0.15) is 27.7 Å². The third kappa shape index (κ3) is 4.50. The highest BCUT2D eigenvalue weighted by atomic mass is 28.4. The van der Waals surface area contributed by atoms with Crippen molar-refractivity contribution in [2.24, 2.45) is 0 Å². The van der Waals surface area contributed by atoms with E-state index in [1.54, 1.807) is 0 Å². The molecule has 8 heteroatoms. The van der Waals surface area contributed by atoms with Gasteiger partial charge in [-0.3, -0.25) is 4.79 Å². The van der Waals surface area contributed by atoms with E-state index in [0.29, 0.717) is 0 Å². The summed E-state index contributed by atoms with van der Waals surface area (Å²) in [6.07, 6.45) is -6.43. The van der Waals surface area contributed by atoms with Gasteiger partial charge in [0.1, 0.15) is 18.3 Å². The molecule has 0 aromatic heterocycles. The van der Waals surface area contributed by atoms with E-state index in [-0.39, 0.29) is 11.6 Å². The molecule has 7 nitrogen and oxygen atoms in total. The predicted octanol–water partition coefficient (Wildman–Crippen LogP) is 0.379. The summed E-state index contributed by atoms with van der Waals surface area (Å²) in [4.78, 5) is 11.0. The molecule has 1 saturated heterocycles. The number of aliphatic hydroxyl groups is 3. The Bertz CT molecular complexity index is 393. The molecule has 1 aliphatic rings. The zero-order valence-electron chi connectivity index (χ0n) is 14.1. The Labute approximate surface area is 132 Å². The summed E-state index contributed by atoms with van der Waals surface area (Å²) in [5, 5.41) is 29.9. The Kier molecular flexibility index (Phi) is 6.16. The van der Waals surface area contributed by atoms with Crippen LogP contribution in [0.3, 0.4) is 0 Å². The van der Waals surface area contributed by atoms with Crippen molar-refractivity contribution < 1.29 is 34.0 Å². The summed E-state index contributed by atoms with van der Waals surface area (Å²) in [7, 11) is -2.05. The molecule has 1 heterocycles. The highest BCUT2D eigenvalue weighted by molar-refractivity contribution is 6.74. The summed E-state index contributed by atoms with van der Waals surface area (Å²) in [5.74, 6) is -0.671. The maximum Gasteiger partial charge on any atom is 0.303 e. The minimum Gasteiger partial charge on any atom is -0.454 e. The van der Waals surface area contributed by atoms with Gasteiger partial charge in [-0.2, -0.15) is 0 Å². The average Bonchev–Trinajstić information content (AvgIpc) is 2.35. The molecule has 3 N–H and O–H groups in total. The molecule has 0 aliphatic carbocycles. The molecule has 0 bridgehead atoms. The van der Waals surface area contributed by atoms with Crippen molar-refractivity contribution in [3.05, 3.63) is 0 Å². The van der Waals surface area contributed by atoms with Crippen molar-refractivity contribution in [3.8, 4) is 0 Å². The summed E-state index contributed by atoms with van der Waals surface area (Å²) >= 11 is 0. The van der Waals surface area contributed by atoms with E-state index in [1.165, 1.54) is 0 Å². The Morgan fingerprint density at radius 3 is 2.18 bits per heavy atom. The van der Waals surface area contributed by atoms with Gasteiger partial charge >= 0.3 is 5.97 Å². The smallest absolute Gasteiger partial charge is 0.303 e. The van der Waals surface area contributed by atoms with Gasteiger partial charge in [0, 0.05) is 6.92 Å². The van der Waals surface area contributed by atoms with Gasteiger partial charge in [0.2, 0.25) is 0 Å². The molecule has 0 aromatic rings. The van der Waals surface area contributed by atoms with Crippen LogP contribution in [-0.2, 0) is 18.7 Å². The first kappa shape index (κ1) is 19.5. The van der Waals surface area contributed by atoms with E-state index in [2.05, 4.69) is 33.9 Å². The van der Waals surface area contributed by atoms with Gasteiger partial charge in [-0.05, 0) is 18.1 Å². The van der Waals surface area contributed by atoms with Crippen LogP contribution in [0.15, 0.2) is 0 Å². The van der Waals surface area contributed by atoms with Crippen LogP contribution in [0.2, 0.25) is 18.1 Å². The van der Waals surface area contributed by atoms with Gasteiger partial charge in [0.15, 0.2) is 20.7 Å². The number of esters is 1. The van der Waals surface area contributed by atoms with Crippen LogP contribution in [0.25, 0.3) is 0 Å². The Morgan fingerprint density at radius 2 is 1.73 bits per heavy atom. The third-order valence-electron chi connectivity index (χ3n) is 4.38. The standard InChI is InChI=1S/C14H28O7Si/c1-8(15)20-12-11(17)10(16)9(21-13(12)18)7-19-22(5,6)14(2,3)4/h9-13,16-18H,7H2,1-6H3/t9-,10+,11+,12-,13+/m1/s1. The minimum atomic E-state index is -2.05. The van der Waals surface area contributed by atoms with Crippen LogP contribution >= 0.6 is 0 Å². The van der Waals surface area contributed by atoms with Gasteiger partial charge in [-0.1, -0.05) is 20.8 Å². The van der Waals surface area contributed by atoms with Crippen molar-refractivity contribution in [1.82, 2.24) is 0 Å². The van der Waals surface area contributed by atoms with E-state index >= 15 is 0 Å². The maximum absolute atomic E-state index is 11.0. The molecule has 0 saturated carbocycles. The summed E-state index contributed by atoms with van der Waals surface area (Å²) in [6, 6.07) is 0. The quantitative estimate of drug-likeness (QED) is 0.503. The van der Waals surface area contributed by atoms with E-state index in [0.717, 1.165) is 6.92 Å². The first-order chi connectivity index (χ1) is 9.86. The van der Waals surface area contributed by atoms with E-state index < -0.39 is 45.0 Å². The topological polar surface area (TPSA) is 105 Å². The van der Waals surface area contributed by atoms with Crippen molar-refractivity contribution in [1.29, 1.82) is 0 Å².